The molecule has 3 aromatic rings. The first-order chi connectivity index (χ1) is 13.2. The highest BCUT2D eigenvalue weighted by molar-refractivity contribution is 8.01. The van der Waals surface area contributed by atoms with E-state index in [1.54, 1.807) is 35.6 Å². The van der Waals surface area contributed by atoms with Crippen LogP contribution in [0.3, 0.4) is 0 Å². The normalized spacial score (nSPS) is 10.9. The third-order valence-electron chi connectivity index (χ3n) is 4.10. The molecular weight excluding hydrogens is 376 g/mol. The molecule has 0 bridgehead atoms. The molecule has 0 saturated carbocycles. The van der Waals surface area contributed by atoms with Gasteiger partial charge in [0.15, 0.2) is 10.1 Å². The molecule has 2 aromatic carbocycles. The van der Waals surface area contributed by atoms with Crippen molar-refractivity contribution in [1.82, 2.24) is 4.98 Å². The summed E-state index contributed by atoms with van der Waals surface area (Å²) in [7, 11) is 0. The number of ketones is 1. The average molecular weight is 399 g/mol. The molecule has 1 heterocycles. The highest BCUT2D eigenvalue weighted by Gasteiger charge is 2.10. The van der Waals surface area contributed by atoms with E-state index in [1.165, 1.54) is 11.8 Å². The van der Waals surface area contributed by atoms with Crippen molar-refractivity contribution in [2.24, 2.45) is 0 Å². The first-order valence-corrected chi connectivity index (χ1v) is 10.9. The molecule has 0 saturated heterocycles. The van der Waals surface area contributed by atoms with Crippen LogP contribution >= 0.6 is 23.1 Å². The molecule has 0 atom stereocenters. The molecule has 0 spiro atoms. The van der Waals surface area contributed by atoms with Crippen molar-refractivity contribution >= 4 is 50.7 Å². The predicted molar refractivity (Wildman–Crippen MR) is 114 cm³/mol. The van der Waals surface area contributed by atoms with Crippen molar-refractivity contribution in [2.45, 2.75) is 36.9 Å². The second-order valence-electron chi connectivity index (χ2n) is 6.24. The zero-order valence-corrected chi connectivity index (χ0v) is 16.9. The number of aromatic nitrogens is 1. The van der Waals surface area contributed by atoms with E-state index in [1.807, 2.05) is 24.3 Å². The Hall–Kier alpha value is -2.18. The summed E-state index contributed by atoms with van der Waals surface area (Å²) >= 11 is 3.07. The Bertz CT molecular complexity index is 886. The van der Waals surface area contributed by atoms with Crippen LogP contribution in [0.25, 0.3) is 10.2 Å². The van der Waals surface area contributed by atoms with E-state index in [0.717, 1.165) is 39.5 Å². The number of thioether (sulfide) groups is 1. The Balaban J connectivity index is 1.51. The quantitative estimate of drug-likeness (QED) is 0.281. The van der Waals surface area contributed by atoms with Gasteiger partial charge in [0.25, 0.3) is 0 Å². The summed E-state index contributed by atoms with van der Waals surface area (Å²) in [5.41, 5.74) is 2.34. The lowest BCUT2D eigenvalue weighted by molar-refractivity contribution is -0.116. The zero-order chi connectivity index (χ0) is 19.1. The van der Waals surface area contributed by atoms with E-state index < -0.39 is 0 Å². The largest absolute Gasteiger partial charge is 0.326 e. The van der Waals surface area contributed by atoms with Crippen LogP contribution < -0.4 is 5.32 Å². The molecule has 0 aliphatic carbocycles. The molecule has 6 heteroatoms. The van der Waals surface area contributed by atoms with E-state index in [9.17, 15) is 9.59 Å². The molecule has 3 rings (SSSR count). The highest BCUT2D eigenvalue weighted by atomic mass is 32.2. The summed E-state index contributed by atoms with van der Waals surface area (Å²) in [6, 6.07) is 15.1. The standard InChI is InChI=1S/C21H22N2O2S2/c1-2-3-4-9-20(25)22-16-12-10-15(11-13-16)18(24)14-26-21-23-17-7-5-6-8-19(17)27-21/h5-8,10-13H,2-4,9,14H2,1H3,(H,22,25). The molecule has 0 radical (unpaired) electrons. The zero-order valence-electron chi connectivity index (χ0n) is 15.2. The van der Waals surface area contributed by atoms with Gasteiger partial charge in [0, 0.05) is 17.7 Å². The number of hydrogen-bond donors (Lipinski definition) is 1. The lowest BCUT2D eigenvalue weighted by Gasteiger charge is -2.06. The molecule has 1 aromatic heterocycles. The van der Waals surface area contributed by atoms with Crippen LogP contribution in [0.15, 0.2) is 52.9 Å². The summed E-state index contributed by atoms with van der Waals surface area (Å²) in [5, 5.41) is 2.88. The maximum Gasteiger partial charge on any atom is 0.224 e. The number of amides is 1. The van der Waals surface area contributed by atoms with E-state index in [-0.39, 0.29) is 11.7 Å². The van der Waals surface area contributed by atoms with Gasteiger partial charge in [0.1, 0.15) is 0 Å². The minimum atomic E-state index is 0.0221. The monoisotopic (exact) mass is 398 g/mol. The van der Waals surface area contributed by atoms with Gasteiger partial charge in [-0.3, -0.25) is 9.59 Å². The number of fused-ring (bicyclic) bond motifs is 1. The number of Topliss-reactive ketones (excluding diaryl/α,β-unsaturated/α-hetero) is 1. The first kappa shape index (κ1) is 19.6. The maximum atomic E-state index is 12.4. The third kappa shape index (κ3) is 5.65. The van der Waals surface area contributed by atoms with Crippen LogP contribution in [0.5, 0.6) is 0 Å². The molecule has 0 aliphatic rings. The Morgan fingerprint density at radius 3 is 2.59 bits per heavy atom. The number of hydrogen-bond acceptors (Lipinski definition) is 5. The fraction of sp³-hybridized carbons (Fsp3) is 0.286. The second kappa shape index (κ2) is 9.67. The van der Waals surface area contributed by atoms with E-state index >= 15 is 0 Å². The van der Waals surface area contributed by atoms with Crippen LogP contribution in [0, 0.1) is 0 Å². The fourth-order valence-electron chi connectivity index (χ4n) is 2.62. The summed E-state index contributed by atoms with van der Waals surface area (Å²) in [5.74, 6) is 0.428. The molecule has 0 aliphatic heterocycles. The maximum absolute atomic E-state index is 12.4. The Kier molecular flexibility index (Phi) is 7.01. The lowest BCUT2D eigenvalue weighted by Crippen LogP contribution is -2.11. The number of thiazole rings is 1. The van der Waals surface area contributed by atoms with Crippen molar-refractivity contribution in [1.29, 1.82) is 0 Å². The van der Waals surface area contributed by atoms with Gasteiger partial charge in [0.2, 0.25) is 5.91 Å². The van der Waals surface area contributed by atoms with E-state index in [0.29, 0.717) is 17.7 Å². The van der Waals surface area contributed by atoms with Crippen molar-refractivity contribution in [2.75, 3.05) is 11.1 Å². The molecule has 27 heavy (non-hydrogen) atoms. The van der Waals surface area contributed by atoms with Gasteiger partial charge in [-0.1, -0.05) is 43.7 Å². The van der Waals surface area contributed by atoms with Crippen LogP contribution in [-0.4, -0.2) is 22.4 Å². The first-order valence-electron chi connectivity index (χ1n) is 9.07. The van der Waals surface area contributed by atoms with Gasteiger partial charge < -0.3 is 5.32 Å². The van der Waals surface area contributed by atoms with Gasteiger partial charge in [-0.25, -0.2) is 4.98 Å². The number of unbranched alkanes of at least 4 members (excludes halogenated alkanes) is 2. The van der Waals surface area contributed by atoms with Crippen LogP contribution in [0.4, 0.5) is 5.69 Å². The molecule has 140 valence electrons. The Labute approximate surface area is 167 Å². The summed E-state index contributed by atoms with van der Waals surface area (Å²) < 4.78 is 2.03. The highest BCUT2D eigenvalue weighted by Crippen LogP contribution is 2.29. The SMILES string of the molecule is CCCCCC(=O)Nc1ccc(C(=O)CSc2nc3ccccc3s2)cc1. The summed E-state index contributed by atoms with van der Waals surface area (Å²) in [4.78, 5) is 28.8. The average Bonchev–Trinajstić information content (AvgIpc) is 3.10. The number of rotatable bonds is 9. The molecule has 4 nitrogen and oxygen atoms in total. The van der Waals surface area contributed by atoms with Gasteiger partial charge >= 0.3 is 0 Å². The number of carbonyl (C=O) groups is 2. The minimum Gasteiger partial charge on any atom is -0.326 e. The number of carbonyl (C=O) groups excluding carboxylic acids is 2. The third-order valence-corrected chi connectivity index (χ3v) is 6.28. The van der Waals surface area contributed by atoms with Crippen LogP contribution in [-0.2, 0) is 4.79 Å². The number of benzene rings is 2. The van der Waals surface area contributed by atoms with Crippen molar-refractivity contribution < 1.29 is 9.59 Å². The molecule has 0 unspecified atom stereocenters. The van der Waals surface area contributed by atoms with Crippen LogP contribution in [0.2, 0.25) is 0 Å². The predicted octanol–water partition coefficient (Wildman–Crippen LogP) is 5.79. The summed E-state index contributed by atoms with van der Waals surface area (Å²) in [6.45, 7) is 2.11. The number of para-hydroxylation sites is 1. The molecule has 0 fully saturated rings. The van der Waals surface area contributed by atoms with Crippen molar-refractivity contribution in [3.8, 4) is 0 Å². The van der Waals surface area contributed by atoms with Gasteiger partial charge in [-0.05, 0) is 42.8 Å². The van der Waals surface area contributed by atoms with Gasteiger partial charge in [0.05, 0.1) is 16.0 Å². The van der Waals surface area contributed by atoms with Gasteiger partial charge in [-0.15, -0.1) is 11.3 Å². The van der Waals surface area contributed by atoms with E-state index in [4.69, 9.17) is 0 Å². The molecule has 1 amide bonds. The topological polar surface area (TPSA) is 59.1 Å². The second-order valence-corrected chi connectivity index (χ2v) is 8.50. The summed E-state index contributed by atoms with van der Waals surface area (Å²) in [6.07, 6.45) is 3.60. The Morgan fingerprint density at radius 2 is 1.85 bits per heavy atom. The molecule has 1 N–H and O–H groups in total. The van der Waals surface area contributed by atoms with Crippen molar-refractivity contribution in [3.05, 3.63) is 54.1 Å². The number of anilines is 1. The fourth-order valence-corrected chi connectivity index (χ4v) is 4.58. The minimum absolute atomic E-state index is 0.0221. The Morgan fingerprint density at radius 1 is 1.07 bits per heavy atom. The van der Waals surface area contributed by atoms with E-state index in [2.05, 4.69) is 17.2 Å². The number of nitrogens with zero attached hydrogens (tertiary/aromatic N) is 1. The van der Waals surface area contributed by atoms with Crippen molar-refractivity contribution in [3.63, 3.8) is 0 Å². The molecular formula is C21H22N2O2S2. The lowest BCUT2D eigenvalue weighted by atomic mass is 10.1. The van der Waals surface area contributed by atoms with Crippen LogP contribution in [0.1, 0.15) is 43.0 Å². The number of nitrogens with one attached hydrogen (secondary N) is 1. The smallest absolute Gasteiger partial charge is 0.224 e. The van der Waals surface area contributed by atoms with Gasteiger partial charge in [-0.2, -0.15) is 0 Å².